The summed E-state index contributed by atoms with van der Waals surface area (Å²) in [6.07, 6.45) is 4.28. The quantitative estimate of drug-likeness (QED) is 0.792. The van der Waals surface area contributed by atoms with E-state index in [1.165, 1.54) is 0 Å². The molecule has 0 amide bonds. The van der Waals surface area contributed by atoms with E-state index < -0.39 is 10.0 Å². The molecule has 0 saturated heterocycles. The van der Waals surface area contributed by atoms with Crippen LogP contribution < -0.4 is 4.72 Å². The van der Waals surface area contributed by atoms with Gasteiger partial charge in [0.2, 0.25) is 10.0 Å². The SMILES string of the molecule is CC(C)S(=O)(=O)NCCc1cnn(C)c1. The molecule has 5 nitrogen and oxygen atoms in total. The molecule has 15 heavy (non-hydrogen) atoms. The molecule has 0 aromatic carbocycles. The molecule has 0 aliphatic carbocycles. The molecular formula is C9H17N3O2S. The molecule has 86 valence electrons. The highest BCUT2D eigenvalue weighted by Gasteiger charge is 2.14. The van der Waals surface area contributed by atoms with Crippen molar-refractivity contribution in [3.63, 3.8) is 0 Å². The summed E-state index contributed by atoms with van der Waals surface area (Å²) in [5.41, 5.74) is 1.03. The molecule has 6 heteroatoms. The molecule has 0 aliphatic heterocycles. The van der Waals surface area contributed by atoms with Gasteiger partial charge in [-0.3, -0.25) is 4.68 Å². The average molecular weight is 231 g/mol. The van der Waals surface area contributed by atoms with Gasteiger partial charge in [-0.05, 0) is 25.8 Å². The Bertz CT molecular complexity index is 409. The van der Waals surface area contributed by atoms with Gasteiger partial charge in [-0.15, -0.1) is 0 Å². The van der Waals surface area contributed by atoms with Gasteiger partial charge in [-0.25, -0.2) is 13.1 Å². The number of sulfonamides is 1. The van der Waals surface area contributed by atoms with Crippen LogP contribution >= 0.6 is 0 Å². The first kappa shape index (κ1) is 12.2. The summed E-state index contributed by atoms with van der Waals surface area (Å²) >= 11 is 0. The summed E-state index contributed by atoms with van der Waals surface area (Å²) in [6.45, 7) is 3.74. The third-order valence-electron chi connectivity index (χ3n) is 2.10. The van der Waals surface area contributed by atoms with E-state index in [9.17, 15) is 8.42 Å². The van der Waals surface area contributed by atoms with Gasteiger partial charge < -0.3 is 0 Å². The lowest BCUT2D eigenvalue weighted by atomic mass is 10.3. The van der Waals surface area contributed by atoms with Gasteiger partial charge in [0.05, 0.1) is 11.4 Å². The molecule has 1 heterocycles. The van der Waals surface area contributed by atoms with Crippen molar-refractivity contribution in [3.05, 3.63) is 18.0 Å². The van der Waals surface area contributed by atoms with Crippen LogP contribution in [0.4, 0.5) is 0 Å². The molecule has 0 radical (unpaired) electrons. The minimum atomic E-state index is -3.14. The lowest BCUT2D eigenvalue weighted by Crippen LogP contribution is -2.32. The van der Waals surface area contributed by atoms with Crippen LogP contribution in [0.25, 0.3) is 0 Å². The number of nitrogens with one attached hydrogen (secondary N) is 1. The molecule has 0 aliphatic rings. The molecule has 0 atom stereocenters. The van der Waals surface area contributed by atoms with Crippen LogP contribution in [0.3, 0.4) is 0 Å². The van der Waals surface area contributed by atoms with Crippen molar-refractivity contribution >= 4 is 10.0 Å². The molecule has 1 rings (SSSR count). The number of rotatable bonds is 5. The Kier molecular flexibility index (Phi) is 3.87. The summed E-state index contributed by atoms with van der Waals surface area (Å²) in [7, 11) is -1.30. The Morgan fingerprint density at radius 2 is 2.20 bits per heavy atom. The second-order valence-corrected chi connectivity index (χ2v) is 6.08. The van der Waals surface area contributed by atoms with Crippen LogP contribution in [0.5, 0.6) is 0 Å². The van der Waals surface area contributed by atoms with Crippen molar-refractivity contribution in [1.82, 2.24) is 14.5 Å². The molecule has 0 saturated carbocycles. The van der Waals surface area contributed by atoms with Crippen molar-refractivity contribution in [2.45, 2.75) is 25.5 Å². The van der Waals surface area contributed by atoms with Crippen molar-refractivity contribution < 1.29 is 8.42 Å². The van der Waals surface area contributed by atoms with Crippen LogP contribution in [-0.4, -0.2) is 30.0 Å². The largest absolute Gasteiger partial charge is 0.276 e. The van der Waals surface area contributed by atoms with Gasteiger partial charge in [-0.2, -0.15) is 5.10 Å². The summed E-state index contributed by atoms with van der Waals surface area (Å²) in [6, 6.07) is 0. The van der Waals surface area contributed by atoms with Gasteiger partial charge in [0.25, 0.3) is 0 Å². The first-order valence-corrected chi connectivity index (χ1v) is 6.42. The van der Waals surface area contributed by atoms with E-state index in [-0.39, 0.29) is 5.25 Å². The Morgan fingerprint density at radius 1 is 1.53 bits per heavy atom. The summed E-state index contributed by atoms with van der Waals surface area (Å²) in [5, 5.41) is 3.62. The number of hydrogen-bond donors (Lipinski definition) is 1. The van der Waals surface area contributed by atoms with E-state index in [0.29, 0.717) is 13.0 Å². The number of aryl methyl sites for hydroxylation is 1. The first-order chi connectivity index (χ1) is 6.92. The van der Waals surface area contributed by atoms with Crippen molar-refractivity contribution in [3.8, 4) is 0 Å². The highest BCUT2D eigenvalue weighted by atomic mass is 32.2. The van der Waals surface area contributed by atoms with Crippen molar-refractivity contribution in [2.24, 2.45) is 7.05 Å². The molecule has 0 fully saturated rings. The third kappa shape index (κ3) is 3.64. The minimum Gasteiger partial charge on any atom is -0.276 e. The zero-order chi connectivity index (χ0) is 11.5. The number of aromatic nitrogens is 2. The van der Waals surface area contributed by atoms with E-state index in [0.717, 1.165) is 5.56 Å². The van der Waals surface area contributed by atoms with Crippen molar-refractivity contribution in [2.75, 3.05) is 6.54 Å². The van der Waals surface area contributed by atoms with Gasteiger partial charge in [0.15, 0.2) is 0 Å². The monoisotopic (exact) mass is 231 g/mol. The topological polar surface area (TPSA) is 64.0 Å². The lowest BCUT2D eigenvalue weighted by Gasteiger charge is -2.08. The molecular weight excluding hydrogens is 214 g/mol. The average Bonchev–Trinajstić information content (AvgIpc) is 2.51. The highest BCUT2D eigenvalue weighted by molar-refractivity contribution is 7.90. The van der Waals surface area contributed by atoms with E-state index in [4.69, 9.17) is 0 Å². The van der Waals surface area contributed by atoms with Crippen LogP contribution in [-0.2, 0) is 23.5 Å². The molecule has 1 aromatic rings. The zero-order valence-electron chi connectivity index (χ0n) is 9.27. The van der Waals surface area contributed by atoms with Crippen LogP contribution in [0.1, 0.15) is 19.4 Å². The Labute approximate surface area is 90.5 Å². The van der Waals surface area contributed by atoms with E-state index >= 15 is 0 Å². The fourth-order valence-corrected chi connectivity index (χ4v) is 1.83. The molecule has 0 bridgehead atoms. The smallest absolute Gasteiger partial charge is 0.213 e. The fraction of sp³-hybridized carbons (Fsp3) is 0.667. The van der Waals surface area contributed by atoms with E-state index in [1.807, 2.05) is 13.2 Å². The number of nitrogens with zero attached hydrogens (tertiary/aromatic N) is 2. The highest BCUT2D eigenvalue weighted by Crippen LogP contribution is 1.99. The van der Waals surface area contributed by atoms with Crippen LogP contribution in [0.2, 0.25) is 0 Å². The lowest BCUT2D eigenvalue weighted by molar-refractivity contribution is 0.572. The van der Waals surface area contributed by atoms with Crippen LogP contribution in [0, 0.1) is 0 Å². The molecule has 0 spiro atoms. The summed E-state index contributed by atoms with van der Waals surface area (Å²) in [4.78, 5) is 0. The zero-order valence-corrected chi connectivity index (χ0v) is 10.1. The third-order valence-corrected chi connectivity index (χ3v) is 3.94. The van der Waals surface area contributed by atoms with Gasteiger partial charge >= 0.3 is 0 Å². The van der Waals surface area contributed by atoms with E-state index in [1.54, 1.807) is 24.7 Å². The fourth-order valence-electron chi connectivity index (χ4n) is 1.11. The number of hydrogen-bond acceptors (Lipinski definition) is 3. The second-order valence-electron chi connectivity index (χ2n) is 3.76. The first-order valence-electron chi connectivity index (χ1n) is 4.88. The molecule has 1 aromatic heterocycles. The minimum absolute atomic E-state index is 0.383. The second kappa shape index (κ2) is 4.76. The Hall–Kier alpha value is -0.880. The predicted molar refractivity (Wildman–Crippen MR) is 59.0 cm³/mol. The van der Waals surface area contributed by atoms with Crippen LogP contribution in [0.15, 0.2) is 12.4 Å². The maximum atomic E-state index is 11.4. The van der Waals surface area contributed by atoms with E-state index in [2.05, 4.69) is 9.82 Å². The molecule has 1 N–H and O–H groups in total. The van der Waals surface area contributed by atoms with Crippen molar-refractivity contribution in [1.29, 1.82) is 0 Å². The predicted octanol–water partition coefficient (Wildman–Crippen LogP) is 0.290. The normalized spacial score (nSPS) is 12.3. The Morgan fingerprint density at radius 3 is 2.67 bits per heavy atom. The van der Waals surface area contributed by atoms with Gasteiger partial charge in [0.1, 0.15) is 0 Å². The van der Waals surface area contributed by atoms with Gasteiger partial charge in [-0.1, -0.05) is 0 Å². The summed E-state index contributed by atoms with van der Waals surface area (Å²) < 4.78 is 27.0. The summed E-state index contributed by atoms with van der Waals surface area (Å²) in [5.74, 6) is 0. The Balaban J connectivity index is 2.40. The maximum absolute atomic E-state index is 11.4. The molecule has 0 unspecified atom stereocenters. The standard InChI is InChI=1S/C9H17N3O2S/c1-8(2)15(13,14)11-5-4-9-6-10-12(3)7-9/h6-8,11H,4-5H2,1-3H3. The maximum Gasteiger partial charge on any atom is 0.213 e. The van der Waals surface area contributed by atoms with Gasteiger partial charge in [0, 0.05) is 19.8 Å².